The molecule has 2 aromatic rings. The topological polar surface area (TPSA) is 17.1 Å². The van der Waals surface area contributed by atoms with Gasteiger partial charge in [-0.3, -0.25) is 4.79 Å². The van der Waals surface area contributed by atoms with Crippen molar-refractivity contribution in [1.82, 2.24) is 0 Å². The molecule has 18 heavy (non-hydrogen) atoms. The van der Waals surface area contributed by atoms with Gasteiger partial charge in [0.05, 0.1) is 8.66 Å². The lowest BCUT2D eigenvalue weighted by atomic mass is 10.0. The average Bonchev–Trinajstić information content (AvgIpc) is 2.63. The number of hydrogen-bond donors (Lipinski definition) is 0. The number of carbonyl (C=O) groups is 1. The first kappa shape index (κ1) is 13.8. The molecule has 0 saturated carbocycles. The zero-order chi connectivity index (χ0) is 13.4. The Kier molecular flexibility index (Phi) is 3.95. The highest BCUT2D eigenvalue weighted by Crippen LogP contribution is 2.30. The van der Waals surface area contributed by atoms with Crippen molar-refractivity contribution in [3.8, 4) is 0 Å². The molecule has 1 heterocycles. The van der Waals surface area contributed by atoms with Crippen LogP contribution in [0.3, 0.4) is 0 Å². The Bertz CT molecular complexity index is 611. The van der Waals surface area contributed by atoms with E-state index < -0.39 is 0 Å². The van der Waals surface area contributed by atoms with Gasteiger partial charge in [-0.15, -0.1) is 11.3 Å². The molecule has 0 aliphatic rings. The molecule has 0 saturated heterocycles. The lowest BCUT2D eigenvalue weighted by Gasteiger charge is -2.06. The number of thiophene rings is 1. The summed E-state index contributed by atoms with van der Waals surface area (Å²) in [5.74, 6) is 0.0612. The number of carbonyl (C=O) groups excluding carboxylic acids is 1. The van der Waals surface area contributed by atoms with Crippen molar-refractivity contribution >= 4 is 44.7 Å². The number of aryl methyl sites for hydroxylation is 3. The van der Waals surface area contributed by atoms with Gasteiger partial charge < -0.3 is 0 Å². The van der Waals surface area contributed by atoms with Crippen molar-refractivity contribution in [2.75, 3.05) is 0 Å². The van der Waals surface area contributed by atoms with E-state index in [9.17, 15) is 4.79 Å². The Hall–Kier alpha value is -0.640. The maximum absolute atomic E-state index is 12.4. The molecule has 0 spiro atoms. The van der Waals surface area contributed by atoms with Crippen molar-refractivity contribution in [3.05, 3.63) is 54.1 Å². The molecule has 94 valence electrons. The minimum Gasteiger partial charge on any atom is -0.288 e. The first-order valence-electron chi connectivity index (χ1n) is 5.47. The summed E-state index contributed by atoms with van der Waals surface area (Å²) >= 11 is 11.0. The van der Waals surface area contributed by atoms with Gasteiger partial charge in [0.15, 0.2) is 0 Å². The second-order valence-electron chi connectivity index (χ2n) is 4.31. The first-order chi connectivity index (χ1) is 8.40. The SMILES string of the molecule is Cc1cc(C(=O)c2cc(C)c(Br)s2)c(C)cc1Cl. The third-order valence-corrected chi connectivity index (χ3v) is 5.37. The highest BCUT2D eigenvalue weighted by atomic mass is 79.9. The van der Waals surface area contributed by atoms with E-state index in [4.69, 9.17) is 11.6 Å². The molecule has 0 unspecified atom stereocenters. The Morgan fingerprint density at radius 1 is 1.11 bits per heavy atom. The molecule has 0 N–H and O–H groups in total. The van der Waals surface area contributed by atoms with Crippen molar-refractivity contribution in [2.45, 2.75) is 20.8 Å². The first-order valence-corrected chi connectivity index (χ1v) is 7.46. The standard InChI is InChI=1S/C14H12BrClOS/c1-7-5-11(16)8(2)4-10(7)13(17)12-6-9(3)14(15)18-12/h4-6H,1-3H3. The summed E-state index contributed by atoms with van der Waals surface area (Å²) in [7, 11) is 0. The van der Waals surface area contributed by atoms with E-state index in [-0.39, 0.29) is 5.78 Å². The van der Waals surface area contributed by atoms with Crippen molar-refractivity contribution < 1.29 is 4.79 Å². The molecule has 0 aliphatic carbocycles. The number of benzene rings is 1. The van der Waals surface area contributed by atoms with Gasteiger partial charge in [-0.05, 0) is 71.6 Å². The van der Waals surface area contributed by atoms with Crippen LogP contribution in [-0.2, 0) is 0 Å². The van der Waals surface area contributed by atoms with E-state index in [1.54, 1.807) is 0 Å². The molecule has 2 rings (SSSR count). The Morgan fingerprint density at radius 3 is 2.33 bits per heavy atom. The monoisotopic (exact) mass is 342 g/mol. The van der Waals surface area contributed by atoms with Crippen LogP contribution in [0.5, 0.6) is 0 Å². The van der Waals surface area contributed by atoms with Crippen LogP contribution >= 0.6 is 38.9 Å². The lowest BCUT2D eigenvalue weighted by molar-refractivity contribution is 0.104. The van der Waals surface area contributed by atoms with Crippen LogP contribution in [0.15, 0.2) is 22.0 Å². The largest absolute Gasteiger partial charge is 0.288 e. The van der Waals surface area contributed by atoms with Gasteiger partial charge in [-0.25, -0.2) is 0 Å². The summed E-state index contributed by atoms with van der Waals surface area (Å²) in [6.45, 7) is 5.81. The second-order valence-corrected chi connectivity index (χ2v) is 7.09. The van der Waals surface area contributed by atoms with Crippen LogP contribution in [0.1, 0.15) is 31.9 Å². The fraction of sp³-hybridized carbons (Fsp3) is 0.214. The molecule has 0 amide bonds. The quantitative estimate of drug-likeness (QED) is 0.674. The van der Waals surface area contributed by atoms with Gasteiger partial charge in [0, 0.05) is 10.6 Å². The molecular weight excluding hydrogens is 332 g/mol. The highest BCUT2D eigenvalue weighted by molar-refractivity contribution is 9.11. The number of ketones is 1. The summed E-state index contributed by atoms with van der Waals surface area (Å²) in [5, 5.41) is 0.701. The van der Waals surface area contributed by atoms with Crippen molar-refractivity contribution in [1.29, 1.82) is 0 Å². The van der Waals surface area contributed by atoms with Gasteiger partial charge >= 0.3 is 0 Å². The summed E-state index contributed by atoms with van der Waals surface area (Å²) in [4.78, 5) is 13.2. The van der Waals surface area contributed by atoms with Crippen LogP contribution < -0.4 is 0 Å². The van der Waals surface area contributed by atoms with Gasteiger partial charge in [0.1, 0.15) is 0 Å². The molecule has 0 aliphatic heterocycles. The minimum absolute atomic E-state index is 0.0612. The van der Waals surface area contributed by atoms with Crippen LogP contribution in [0.2, 0.25) is 5.02 Å². The maximum Gasteiger partial charge on any atom is 0.203 e. The summed E-state index contributed by atoms with van der Waals surface area (Å²) in [6.07, 6.45) is 0. The second kappa shape index (κ2) is 5.16. The predicted octanol–water partition coefficient (Wildman–Crippen LogP) is 5.32. The number of halogens is 2. The zero-order valence-electron chi connectivity index (χ0n) is 10.3. The summed E-state index contributed by atoms with van der Waals surface area (Å²) in [6, 6.07) is 5.63. The van der Waals surface area contributed by atoms with Gasteiger partial charge in [0.2, 0.25) is 5.78 Å². The average molecular weight is 344 g/mol. The van der Waals surface area contributed by atoms with E-state index in [0.717, 1.165) is 30.9 Å². The maximum atomic E-state index is 12.4. The van der Waals surface area contributed by atoms with Gasteiger partial charge in [0.25, 0.3) is 0 Å². The van der Waals surface area contributed by atoms with Crippen LogP contribution in [0, 0.1) is 20.8 Å². The molecule has 1 aromatic carbocycles. The van der Waals surface area contributed by atoms with E-state index >= 15 is 0 Å². The molecule has 0 bridgehead atoms. The van der Waals surface area contributed by atoms with Crippen molar-refractivity contribution in [2.24, 2.45) is 0 Å². The van der Waals surface area contributed by atoms with E-state index in [0.29, 0.717) is 5.02 Å². The zero-order valence-corrected chi connectivity index (χ0v) is 13.5. The van der Waals surface area contributed by atoms with Gasteiger partial charge in [-0.2, -0.15) is 0 Å². The molecule has 4 heteroatoms. The smallest absolute Gasteiger partial charge is 0.203 e. The lowest BCUT2D eigenvalue weighted by Crippen LogP contribution is -2.02. The van der Waals surface area contributed by atoms with Crippen LogP contribution in [-0.4, -0.2) is 5.78 Å². The predicted molar refractivity (Wildman–Crippen MR) is 81.1 cm³/mol. The third-order valence-electron chi connectivity index (χ3n) is 2.83. The van der Waals surface area contributed by atoms with E-state index in [2.05, 4.69) is 15.9 Å². The highest BCUT2D eigenvalue weighted by Gasteiger charge is 2.16. The Balaban J connectivity index is 2.49. The molecule has 0 fully saturated rings. The van der Waals surface area contributed by atoms with E-state index in [1.165, 1.54) is 11.3 Å². The molecule has 1 aromatic heterocycles. The molecule has 0 atom stereocenters. The number of hydrogen-bond acceptors (Lipinski definition) is 2. The Labute approximate surface area is 124 Å². The van der Waals surface area contributed by atoms with E-state index in [1.807, 2.05) is 39.0 Å². The fourth-order valence-electron chi connectivity index (χ4n) is 1.73. The number of rotatable bonds is 2. The summed E-state index contributed by atoms with van der Waals surface area (Å²) in [5.41, 5.74) is 3.66. The normalized spacial score (nSPS) is 10.7. The summed E-state index contributed by atoms with van der Waals surface area (Å²) < 4.78 is 1.01. The minimum atomic E-state index is 0.0612. The van der Waals surface area contributed by atoms with Crippen LogP contribution in [0.4, 0.5) is 0 Å². The van der Waals surface area contributed by atoms with Gasteiger partial charge in [-0.1, -0.05) is 11.6 Å². The molecule has 0 radical (unpaired) electrons. The fourth-order valence-corrected chi connectivity index (χ4v) is 3.44. The Morgan fingerprint density at radius 2 is 1.78 bits per heavy atom. The molecular formula is C14H12BrClOS. The van der Waals surface area contributed by atoms with Crippen molar-refractivity contribution in [3.63, 3.8) is 0 Å². The van der Waals surface area contributed by atoms with Crippen LogP contribution in [0.25, 0.3) is 0 Å². The third kappa shape index (κ3) is 2.53. The molecule has 1 nitrogen and oxygen atoms in total.